The molecule has 7 nitrogen and oxygen atoms in total. The fraction of sp³-hybridized carbons (Fsp3) is 0.524. The number of aryl methyl sites for hydroxylation is 1. The molecule has 0 radical (unpaired) electrons. The Hall–Kier alpha value is -1.84. The average Bonchev–Trinajstić information content (AvgIpc) is 3.36. The van der Waals surface area contributed by atoms with Crippen LogP contribution >= 0.6 is 11.8 Å². The minimum atomic E-state index is -3.47. The number of hydrogen-bond donors (Lipinski definition) is 0. The van der Waals surface area contributed by atoms with Gasteiger partial charge in [0, 0.05) is 25.6 Å². The zero-order chi connectivity index (χ0) is 21.3. The fourth-order valence-corrected chi connectivity index (χ4v) is 6.17. The number of thioether (sulfide) groups is 1. The Balaban J connectivity index is 1.60. The number of fused-ring (bicyclic) bond motifs is 1. The highest BCUT2D eigenvalue weighted by Gasteiger charge is 2.26. The minimum absolute atomic E-state index is 0.303. The molecule has 0 aliphatic carbocycles. The number of benzene rings is 1. The smallest absolute Gasteiger partial charge is 0.243 e. The van der Waals surface area contributed by atoms with Crippen LogP contribution in [0.5, 0.6) is 0 Å². The van der Waals surface area contributed by atoms with Gasteiger partial charge in [0.1, 0.15) is 5.76 Å². The molecule has 9 heteroatoms. The highest BCUT2D eigenvalue weighted by molar-refractivity contribution is 7.98. The SMILES string of the molecule is CCn1c(SCc2ncc(C(C)C)o2)nc2cc(S(=O)(=O)N3CCCCC3)ccc21. The van der Waals surface area contributed by atoms with Gasteiger partial charge in [-0.25, -0.2) is 18.4 Å². The van der Waals surface area contributed by atoms with Crippen molar-refractivity contribution in [2.45, 2.75) is 68.3 Å². The van der Waals surface area contributed by atoms with Gasteiger partial charge in [0.15, 0.2) is 5.16 Å². The zero-order valence-electron chi connectivity index (χ0n) is 17.7. The summed E-state index contributed by atoms with van der Waals surface area (Å²) >= 11 is 1.55. The molecule has 2 aromatic heterocycles. The van der Waals surface area contributed by atoms with Crippen molar-refractivity contribution in [2.24, 2.45) is 0 Å². The van der Waals surface area contributed by atoms with Crippen LogP contribution in [0, 0.1) is 0 Å². The second kappa shape index (κ2) is 8.72. The molecule has 3 heterocycles. The highest BCUT2D eigenvalue weighted by atomic mass is 32.2. The summed E-state index contributed by atoms with van der Waals surface area (Å²) in [7, 11) is -3.47. The molecular formula is C21H28N4O3S2. The lowest BCUT2D eigenvalue weighted by molar-refractivity contribution is 0.346. The number of piperidine rings is 1. The lowest BCUT2D eigenvalue weighted by Gasteiger charge is -2.25. The van der Waals surface area contributed by atoms with Gasteiger partial charge in [0.05, 0.1) is 27.9 Å². The molecule has 1 aliphatic heterocycles. The number of sulfonamides is 1. The van der Waals surface area contributed by atoms with E-state index in [-0.39, 0.29) is 0 Å². The third kappa shape index (κ3) is 4.15. The Labute approximate surface area is 181 Å². The van der Waals surface area contributed by atoms with Crippen molar-refractivity contribution < 1.29 is 12.8 Å². The van der Waals surface area contributed by atoms with Crippen LogP contribution in [0.25, 0.3) is 11.0 Å². The third-order valence-corrected chi connectivity index (χ3v) is 8.27. The van der Waals surface area contributed by atoms with Crippen LogP contribution in [0.4, 0.5) is 0 Å². The average molecular weight is 449 g/mol. The number of imidazole rings is 1. The number of oxazole rings is 1. The van der Waals surface area contributed by atoms with Gasteiger partial charge in [0.25, 0.3) is 0 Å². The molecule has 162 valence electrons. The van der Waals surface area contributed by atoms with Crippen molar-refractivity contribution in [1.29, 1.82) is 0 Å². The standard InChI is InChI=1S/C21H28N4O3S2/c1-4-25-18-9-8-16(30(26,27)24-10-6-5-7-11-24)12-17(18)23-21(25)29-14-20-22-13-19(28-20)15(2)3/h8-9,12-13,15H,4-7,10-11,14H2,1-3H3. The number of aromatic nitrogens is 3. The molecule has 3 aromatic rings. The lowest BCUT2D eigenvalue weighted by atomic mass is 10.2. The number of rotatable bonds is 7. The summed E-state index contributed by atoms with van der Waals surface area (Å²) in [4.78, 5) is 9.41. The minimum Gasteiger partial charge on any atom is -0.445 e. The molecule has 4 rings (SSSR count). The Bertz CT molecular complexity index is 1130. The van der Waals surface area contributed by atoms with Gasteiger partial charge in [-0.2, -0.15) is 4.31 Å². The topological polar surface area (TPSA) is 81.2 Å². The Morgan fingerprint density at radius 1 is 1.20 bits per heavy atom. The molecule has 30 heavy (non-hydrogen) atoms. The number of hydrogen-bond acceptors (Lipinski definition) is 6. The van der Waals surface area contributed by atoms with Gasteiger partial charge >= 0.3 is 0 Å². The van der Waals surface area contributed by atoms with Gasteiger partial charge in [0.2, 0.25) is 15.9 Å². The molecule has 0 atom stereocenters. The van der Waals surface area contributed by atoms with E-state index in [0.717, 1.165) is 42.2 Å². The predicted octanol–water partition coefficient (Wildman–Crippen LogP) is 4.63. The van der Waals surface area contributed by atoms with E-state index in [1.165, 1.54) is 0 Å². The molecule has 0 saturated carbocycles. The van der Waals surface area contributed by atoms with E-state index in [0.29, 0.717) is 41.1 Å². The van der Waals surface area contributed by atoms with Gasteiger partial charge < -0.3 is 8.98 Å². The van der Waals surface area contributed by atoms with E-state index >= 15 is 0 Å². The van der Waals surface area contributed by atoms with Gasteiger partial charge in [-0.1, -0.05) is 32.0 Å². The summed E-state index contributed by atoms with van der Waals surface area (Å²) in [5.74, 6) is 2.43. The highest BCUT2D eigenvalue weighted by Crippen LogP contribution is 2.30. The summed E-state index contributed by atoms with van der Waals surface area (Å²) in [6, 6.07) is 5.28. The summed E-state index contributed by atoms with van der Waals surface area (Å²) < 4.78 is 35.5. The first-order valence-corrected chi connectivity index (χ1v) is 12.9. The van der Waals surface area contributed by atoms with E-state index in [4.69, 9.17) is 9.40 Å². The van der Waals surface area contributed by atoms with E-state index in [9.17, 15) is 8.42 Å². The zero-order valence-corrected chi connectivity index (χ0v) is 19.3. The van der Waals surface area contributed by atoms with E-state index in [2.05, 4.69) is 30.3 Å². The van der Waals surface area contributed by atoms with E-state index in [1.54, 1.807) is 34.4 Å². The molecule has 1 aromatic carbocycles. The monoisotopic (exact) mass is 448 g/mol. The molecule has 1 fully saturated rings. The lowest BCUT2D eigenvalue weighted by Crippen LogP contribution is -2.35. The molecule has 0 amide bonds. The fourth-order valence-electron chi connectivity index (χ4n) is 3.70. The first-order valence-electron chi connectivity index (χ1n) is 10.5. The maximum atomic E-state index is 13.0. The molecule has 0 bridgehead atoms. The van der Waals surface area contributed by atoms with Gasteiger partial charge in [-0.05, 0) is 38.0 Å². The molecule has 1 saturated heterocycles. The predicted molar refractivity (Wildman–Crippen MR) is 118 cm³/mol. The molecule has 0 N–H and O–H groups in total. The van der Waals surface area contributed by atoms with E-state index in [1.807, 2.05) is 6.07 Å². The third-order valence-electron chi connectivity index (χ3n) is 5.42. The Kier molecular flexibility index (Phi) is 6.22. The first-order chi connectivity index (χ1) is 14.4. The van der Waals surface area contributed by atoms with Crippen LogP contribution in [0.2, 0.25) is 0 Å². The van der Waals surface area contributed by atoms with Crippen LogP contribution in [0.1, 0.15) is 57.6 Å². The van der Waals surface area contributed by atoms with Crippen molar-refractivity contribution in [2.75, 3.05) is 13.1 Å². The van der Waals surface area contributed by atoms with Crippen molar-refractivity contribution >= 4 is 32.8 Å². The Morgan fingerprint density at radius 3 is 2.63 bits per heavy atom. The van der Waals surface area contributed by atoms with Crippen LogP contribution in [-0.4, -0.2) is 40.3 Å². The van der Waals surface area contributed by atoms with Crippen LogP contribution < -0.4 is 0 Å². The maximum absolute atomic E-state index is 13.0. The molecule has 0 unspecified atom stereocenters. The van der Waals surface area contributed by atoms with Crippen molar-refractivity contribution in [3.8, 4) is 0 Å². The normalized spacial score (nSPS) is 16.0. The largest absolute Gasteiger partial charge is 0.445 e. The van der Waals surface area contributed by atoms with Crippen molar-refractivity contribution in [3.63, 3.8) is 0 Å². The van der Waals surface area contributed by atoms with E-state index < -0.39 is 10.0 Å². The second-order valence-corrected chi connectivity index (χ2v) is 10.7. The second-order valence-electron chi connectivity index (χ2n) is 7.85. The maximum Gasteiger partial charge on any atom is 0.243 e. The molecule has 1 aliphatic rings. The summed E-state index contributed by atoms with van der Waals surface area (Å²) in [6.07, 6.45) is 4.72. The number of nitrogens with zero attached hydrogens (tertiary/aromatic N) is 4. The van der Waals surface area contributed by atoms with Crippen LogP contribution in [0.3, 0.4) is 0 Å². The van der Waals surface area contributed by atoms with Crippen LogP contribution in [-0.2, 0) is 22.3 Å². The molecule has 0 spiro atoms. The Morgan fingerprint density at radius 2 is 1.97 bits per heavy atom. The first kappa shape index (κ1) is 21.4. The van der Waals surface area contributed by atoms with Crippen molar-refractivity contribution in [3.05, 3.63) is 36.0 Å². The van der Waals surface area contributed by atoms with Crippen LogP contribution in [0.15, 0.2) is 38.9 Å². The quantitative estimate of drug-likeness (QED) is 0.490. The van der Waals surface area contributed by atoms with Gasteiger partial charge in [-0.3, -0.25) is 0 Å². The van der Waals surface area contributed by atoms with Gasteiger partial charge in [-0.15, -0.1) is 0 Å². The molecular weight excluding hydrogens is 420 g/mol. The van der Waals surface area contributed by atoms with Crippen molar-refractivity contribution in [1.82, 2.24) is 18.8 Å². The summed E-state index contributed by atoms with van der Waals surface area (Å²) in [5, 5.41) is 0.837. The summed E-state index contributed by atoms with van der Waals surface area (Å²) in [6.45, 7) is 8.15. The summed E-state index contributed by atoms with van der Waals surface area (Å²) in [5.41, 5.74) is 1.64.